The molecule has 5 nitrogen and oxygen atoms in total. The van der Waals surface area contributed by atoms with Crippen LogP contribution < -0.4 is 10.6 Å². The summed E-state index contributed by atoms with van der Waals surface area (Å²) in [5.41, 5.74) is 1.78. The lowest BCUT2D eigenvalue weighted by molar-refractivity contribution is 1.06. The van der Waals surface area contributed by atoms with E-state index in [4.69, 9.17) is 23.2 Å². The number of aryl methyl sites for hydroxylation is 1. The minimum Gasteiger partial charge on any atom is -0.339 e. The van der Waals surface area contributed by atoms with Crippen LogP contribution in [0.15, 0.2) is 48.5 Å². The van der Waals surface area contributed by atoms with Crippen molar-refractivity contribution in [2.24, 2.45) is 0 Å². The van der Waals surface area contributed by atoms with Crippen molar-refractivity contribution >= 4 is 46.2 Å². The lowest BCUT2D eigenvalue weighted by Crippen LogP contribution is -2.02. The Morgan fingerprint density at radius 2 is 1.56 bits per heavy atom. The van der Waals surface area contributed by atoms with E-state index >= 15 is 0 Å². The first kappa shape index (κ1) is 17.0. The Labute approximate surface area is 155 Å². The van der Waals surface area contributed by atoms with E-state index in [0.717, 1.165) is 0 Å². The number of benzene rings is 2. The van der Waals surface area contributed by atoms with E-state index in [9.17, 15) is 5.26 Å². The Hall–Kier alpha value is -2.81. The predicted molar refractivity (Wildman–Crippen MR) is 101 cm³/mol. The Bertz CT molecular complexity index is 946. The molecule has 0 aliphatic rings. The van der Waals surface area contributed by atoms with Crippen LogP contribution in [0.3, 0.4) is 0 Å². The zero-order valence-corrected chi connectivity index (χ0v) is 14.7. The summed E-state index contributed by atoms with van der Waals surface area (Å²) in [5, 5.41) is 16.4. The van der Waals surface area contributed by atoms with Crippen LogP contribution in [0, 0.1) is 18.3 Å². The third kappa shape index (κ3) is 4.00. The van der Waals surface area contributed by atoms with Gasteiger partial charge in [-0.2, -0.15) is 5.26 Å². The molecule has 25 heavy (non-hydrogen) atoms. The van der Waals surface area contributed by atoms with Crippen LogP contribution in [0.25, 0.3) is 0 Å². The van der Waals surface area contributed by atoms with Gasteiger partial charge in [0.1, 0.15) is 23.5 Å². The van der Waals surface area contributed by atoms with Gasteiger partial charge in [0, 0.05) is 6.07 Å². The molecular weight excluding hydrogens is 357 g/mol. The molecule has 0 aliphatic carbocycles. The summed E-state index contributed by atoms with van der Waals surface area (Å²) in [5.74, 6) is 1.66. The second kappa shape index (κ2) is 7.39. The van der Waals surface area contributed by atoms with Gasteiger partial charge in [0.15, 0.2) is 0 Å². The molecule has 0 fully saturated rings. The molecule has 0 saturated heterocycles. The van der Waals surface area contributed by atoms with Crippen molar-refractivity contribution in [2.45, 2.75) is 6.92 Å². The maximum Gasteiger partial charge on any atom is 0.136 e. The minimum atomic E-state index is 0.494. The Balaban J connectivity index is 1.92. The highest BCUT2D eigenvalue weighted by atomic mass is 35.5. The lowest BCUT2D eigenvalue weighted by Gasteiger charge is -2.12. The summed E-state index contributed by atoms with van der Waals surface area (Å²) in [6.45, 7) is 1.78. The minimum absolute atomic E-state index is 0.494. The van der Waals surface area contributed by atoms with Gasteiger partial charge < -0.3 is 10.6 Å². The summed E-state index contributed by atoms with van der Waals surface area (Å²) in [4.78, 5) is 8.70. The maximum absolute atomic E-state index is 9.20. The molecule has 2 N–H and O–H groups in total. The topological polar surface area (TPSA) is 73.6 Å². The average Bonchev–Trinajstić information content (AvgIpc) is 2.58. The summed E-state index contributed by atoms with van der Waals surface area (Å²) in [6.07, 6.45) is 0. The molecule has 0 saturated carbocycles. The number of nitrogens with zero attached hydrogens (tertiary/aromatic N) is 3. The van der Waals surface area contributed by atoms with Gasteiger partial charge >= 0.3 is 0 Å². The van der Waals surface area contributed by atoms with Crippen molar-refractivity contribution in [3.8, 4) is 6.07 Å². The molecule has 1 heterocycles. The van der Waals surface area contributed by atoms with Crippen molar-refractivity contribution in [1.29, 1.82) is 5.26 Å². The van der Waals surface area contributed by atoms with Crippen LogP contribution in [0.2, 0.25) is 10.0 Å². The van der Waals surface area contributed by atoms with Gasteiger partial charge in [0.2, 0.25) is 0 Å². The van der Waals surface area contributed by atoms with E-state index in [2.05, 4.69) is 26.7 Å². The van der Waals surface area contributed by atoms with Gasteiger partial charge in [-0.25, -0.2) is 9.97 Å². The van der Waals surface area contributed by atoms with Crippen LogP contribution >= 0.6 is 23.2 Å². The van der Waals surface area contributed by atoms with E-state index in [1.165, 1.54) is 0 Å². The molecule has 0 bridgehead atoms. The Kier molecular flexibility index (Phi) is 5.03. The van der Waals surface area contributed by atoms with Crippen LogP contribution in [0.5, 0.6) is 0 Å². The molecule has 3 rings (SSSR count). The quantitative estimate of drug-likeness (QED) is 0.639. The molecule has 0 amide bonds. The molecule has 0 aliphatic heterocycles. The van der Waals surface area contributed by atoms with Gasteiger partial charge in [0.05, 0.1) is 27.0 Å². The zero-order chi connectivity index (χ0) is 17.8. The molecule has 3 aromatic rings. The van der Waals surface area contributed by atoms with Crippen molar-refractivity contribution in [3.05, 3.63) is 70.0 Å². The molecule has 124 valence electrons. The second-order valence-electron chi connectivity index (χ2n) is 5.19. The number of hydrogen-bond acceptors (Lipinski definition) is 5. The van der Waals surface area contributed by atoms with Gasteiger partial charge in [-0.05, 0) is 31.2 Å². The summed E-state index contributed by atoms with van der Waals surface area (Å²) in [6, 6.07) is 16.3. The number of halogens is 2. The highest BCUT2D eigenvalue weighted by Crippen LogP contribution is 2.32. The molecule has 1 aromatic heterocycles. The van der Waals surface area contributed by atoms with Crippen LogP contribution in [0.1, 0.15) is 11.4 Å². The number of rotatable bonds is 4. The van der Waals surface area contributed by atoms with Gasteiger partial charge in [-0.15, -0.1) is 0 Å². The smallest absolute Gasteiger partial charge is 0.136 e. The van der Waals surface area contributed by atoms with Crippen LogP contribution in [-0.2, 0) is 0 Å². The third-order valence-corrected chi connectivity index (χ3v) is 3.99. The zero-order valence-electron chi connectivity index (χ0n) is 13.2. The number of hydrogen-bond donors (Lipinski definition) is 2. The van der Waals surface area contributed by atoms with E-state index < -0.39 is 0 Å². The standard InChI is InChI=1S/C18H13Cl2N5/c1-11-22-16(24-15-8-3-2-5-12(15)10-21)9-17(23-11)25-18-13(19)6-4-7-14(18)20/h2-9H,1H3,(H2,22,23,24,25). The first-order valence-corrected chi connectivity index (χ1v) is 8.15. The van der Waals surface area contributed by atoms with Crippen molar-refractivity contribution in [2.75, 3.05) is 10.6 Å². The molecular formula is C18H13Cl2N5. The van der Waals surface area contributed by atoms with Gasteiger partial charge in [0.25, 0.3) is 0 Å². The fourth-order valence-electron chi connectivity index (χ4n) is 2.27. The predicted octanol–water partition coefficient (Wildman–Crippen LogP) is 5.45. The average molecular weight is 370 g/mol. The number of nitriles is 1. The molecule has 2 aromatic carbocycles. The van der Waals surface area contributed by atoms with E-state index in [0.29, 0.717) is 44.4 Å². The molecule has 7 heteroatoms. The molecule has 0 unspecified atom stereocenters. The third-order valence-electron chi connectivity index (χ3n) is 3.36. The highest BCUT2D eigenvalue weighted by molar-refractivity contribution is 6.39. The molecule has 0 atom stereocenters. The summed E-state index contributed by atoms with van der Waals surface area (Å²) < 4.78 is 0. The van der Waals surface area contributed by atoms with E-state index in [1.807, 2.05) is 12.1 Å². The Morgan fingerprint density at radius 3 is 2.24 bits per heavy atom. The highest BCUT2D eigenvalue weighted by Gasteiger charge is 2.09. The fraction of sp³-hybridized carbons (Fsp3) is 0.0556. The number of anilines is 4. The first-order valence-electron chi connectivity index (χ1n) is 7.39. The maximum atomic E-state index is 9.20. The van der Waals surface area contributed by atoms with E-state index in [1.54, 1.807) is 43.3 Å². The SMILES string of the molecule is Cc1nc(Nc2ccccc2C#N)cc(Nc2c(Cl)cccc2Cl)n1. The molecule has 0 radical (unpaired) electrons. The van der Waals surface area contributed by atoms with Gasteiger partial charge in [-0.3, -0.25) is 0 Å². The van der Waals surface area contributed by atoms with Crippen molar-refractivity contribution in [1.82, 2.24) is 9.97 Å². The van der Waals surface area contributed by atoms with Gasteiger partial charge in [-0.1, -0.05) is 41.4 Å². The Morgan fingerprint density at radius 1 is 0.920 bits per heavy atom. The van der Waals surface area contributed by atoms with Crippen molar-refractivity contribution in [3.63, 3.8) is 0 Å². The first-order chi connectivity index (χ1) is 12.1. The fourth-order valence-corrected chi connectivity index (χ4v) is 2.76. The largest absolute Gasteiger partial charge is 0.339 e. The van der Waals surface area contributed by atoms with Crippen LogP contribution in [0.4, 0.5) is 23.0 Å². The van der Waals surface area contributed by atoms with Crippen LogP contribution in [-0.4, -0.2) is 9.97 Å². The molecule has 0 spiro atoms. The summed E-state index contributed by atoms with van der Waals surface area (Å²) >= 11 is 12.4. The normalized spacial score (nSPS) is 10.2. The number of para-hydroxylation sites is 2. The monoisotopic (exact) mass is 369 g/mol. The summed E-state index contributed by atoms with van der Waals surface area (Å²) in [7, 11) is 0. The number of aromatic nitrogens is 2. The van der Waals surface area contributed by atoms with Crippen molar-refractivity contribution < 1.29 is 0 Å². The lowest BCUT2D eigenvalue weighted by atomic mass is 10.2. The number of nitrogens with one attached hydrogen (secondary N) is 2. The second-order valence-corrected chi connectivity index (χ2v) is 6.00. The van der Waals surface area contributed by atoms with E-state index in [-0.39, 0.29) is 0 Å².